The predicted octanol–water partition coefficient (Wildman–Crippen LogP) is 4.98. The maximum absolute atomic E-state index is 11.3. The van der Waals surface area contributed by atoms with Crippen molar-refractivity contribution in [1.29, 1.82) is 0 Å². The fourth-order valence-corrected chi connectivity index (χ4v) is 5.45. The van der Waals surface area contributed by atoms with Crippen molar-refractivity contribution in [1.82, 2.24) is 19.5 Å². The van der Waals surface area contributed by atoms with E-state index in [1.807, 2.05) is 4.57 Å². The monoisotopic (exact) mass is 514 g/mol. The number of nitrogen functional groups attached to an aromatic ring is 1. The van der Waals surface area contributed by atoms with Crippen LogP contribution < -0.4 is 10.5 Å². The van der Waals surface area contributed by atoms with Gasteiger partial charge in [-0.05, 0) is 30.6 Å². The second-order valence-electron chi connectivity index (χ2n) is 10.6. The highest BCUT2D eigenvalue weighted by molar-refractivity contribution is 6.74. The first-order valence-corrected chi connectivity index (χ1v) is 15.0. The number of fused-ring (bicyclic) bond motifs is 1. The number of nitrogens with zero attached hydrogens (tertiary/aromatic N) is 5. The highest BCUT2D eigenvalue weighted by Crippen LogP contribution is 2.42. The van der Waals surface area contributed by atoms with Gasteiger partial charge in [-0.2, -0.15) is 9.97 Å². The number of benzene rings is 1. The molecule has 2 aromatic heterocycles. The van der Waals surface area contributed by atoms with Crippen molar-refractivity contribution in [3.8, 4) is 5.88 Å². The molecule has 0 unspecified atom stereocenters. The van der Waals surface area contributed by atoms with Gasteiger partial charge in [0.2, 0.25) is 11.8 Å². The van der Waals surface area contributed by atoms with Crippen LogP contribution in [0.25, 0.3) is 11.2 Å². The van der Waals surface area contributed by atoms with Crippen molar-refractivity contribution < 1.29 is 18.8 Å². The molecule has 0 saturated carbocycles. The van der Waals surface area contributed by atoms with E-state index < -0.39 is 13.2 Å². The summed E-state index contributed by atoms with van der Waals surface area (Å²) in [5.41, 5.74) is 7.28. The average Bonchev–Trinajstić information content (AvgIpc) is 3.40. The molecule has 0 spiro atoms. The van der Waals surface area contributed by atoms with E-state index in [2.05, 4.69) is 55.7 Å². The van der Waals surface area contributed by atoms with Gasteiger partial charge in [-0.15, -0.1) is 0 Å². The van der Waals surface area contributed by atoms with E-state index in [1.54, 1.807) is 24.5 Å². The van der Waals surface area contributed by atoms with Gasteiger partial charge in [0.1, 0.15) is 12.8 Å². The van der Waals surface area contributed by atoms with E-state index in [-0.39, 0.29) is 47.6 Å². The molecule has 3 aromatic rings. The minimum Gasteiger partial charge on any atom is -0.471 e. The molecule has 36 heavy (non-hydrogen) atoms. The molecule has 12 heteroatoms. The Morgan fingerprint density at radius 3 is 2.67 bits per heavy atom. The van der Waals surface area contributed by atoms with Gasteiger partial charge in [-0.1, -0.05) is 39.8 Å². The summed E-state index contributed by atoms with van der Waals surface area (Å²) < 4.78 is 20.8. The van der Waals surface area contributed by atoms with E-state index in [1.165, 1.54) is 6.07 Å². The predicted molar refractivity (Wildman–Crippen MR) is 138 cm³/mol. The lowest BCUT2D eigenvalue weighted by Crippen LogP contribution is -2.45. The van der Waals surface area contributed by atoms with Crippen molar-refractivity contribution in [3.63, 3.8) is 0 Å². The third-order valence-corrected chi connectivity index (χ3v) is 11.6. The zero-order chi connectivity index (χ0) is 26.3. The highest BCUT2D eigenvalue weighted by Gasteiger charge is 2.44. The Balaban J connectivity index is 1.59. The second kappa shape index (κ2) is 9.75. The van der Waals surface area contributed by atoms with Crippen LogP contribution in [0.5, 0.6) is 5.88 Å². The second-order valence-corrected chi connectivity index (χ2v) is 15.3. The maximum atomic E-state index is 11.3. The summed E-state index contributed by atoms with van der Waals surface area (Å²) >= 11 is 0. The summed E-state index contributed by atoms with van der Waals surface area (Å²) in [6.07, 6.45) is 2.72. The van der Waals surface area contributed by atoms with E-state index >= 15 is 0 Å². The summed E-state index contributed by atoms with van der Waals surface area (Å²) in [6, 6.07) is 6.39. The minimum atomic E-state index is -1.99. The number of nitrogens with two attached hydrogens (primary N) is 1. The quantitative estimate of drug-likeness (QED) is 0.250. The number of hydrogen-bond donors (Lipinski definition) is 1. The van der Waals surface area contributed by atoms with Gasteiger partial charge >= 0.3 is 0 Å². The molecule has 1 aromatic carbocycles. The highest BCUT2D eigenvalue weighted by atomic mass is 28.4. The lowest BCUT2D eigenvalue weighted by atomic mass is 10.1. The largest absolute Gasteiger partial charge is 0.471 e. The zero-order valence-corrected chi connectivity index (χ0v) is 22.6. The van der Waals surface area contributed by atoms with Crippen molar-refractivity contribution in [2.45, 2.75) is 83.7 Å². The first-order valence-electron chi connectivity index (χ1n) is 12.1. The Bertz CT molecular complexity index is 1260. The van der Waals surface area contributed by atoms with Crippen LogP contribution in [0.1, 0.15) is 52.3 Å². The molecule has 4 rings (SSSR count). The van der Waals surface area contributed by atoms with Gasteiger partial charge in [0.05, 0.1) is 29.0 Å². The smallest absolute Gasteiger partial charge is 0.276 e. The number of para-hydroxylation sites is 1. The third-order valence-electron chi connectivity index (χ3n) is 7.10. The standard InChI is InChI=1S/C24H34N6O5Si/c1-7-17-18(35-36(5,6)24(2,3)4)12-19(34-17)29-14-26-20-21(29)27-23(25)28-22(20)33-13-15-10-8-9-11-16(15)30(31)32/h8-11,14,17-19H,7,12-13H2,1-6H3,(H2,25,27,28)/t17-,18-,19-/m1/s1. The van der Waals surface area contributed by atoms with Crippen LogP contribution in [-0.2, 0) is 15.8 Å². The molecule has 3 heterocycles. The number of imidazole rings is 1. The molecule has 1 saturated heterocycles. The van der Waals surface area contributed by atoms with Crippen molar-refractivity contribution in [3.05, 3.63) is 46.3 Å². The normalized spacial score (nSPS) is 20.7. The molecule has 194 valence electrons. The number of rotatable bonds is 8. The van der Waals surface area contributed by atoms with Gasteiger partial charge in [-0.25, -0.2) is 4.98 Å². The van der Waals surface area contributed by atoms with E-state index in [9.17, 15) is 10.1 Å². The first kappa shape index (κ1) is 26.0. The Hall–Kier alpha value is -3.09. The van der Waals surface area contributed by atoms with E-state index in [0.717, 1.165) is 6.42 Å². The molecular formula is C24H34N6O5Si. The Morgan fingerprint density at radius 2 is 2.00 bits per heavy atom. The third kappa shape index (κ3) is 5.06. The van der Waals surface area contributed by atoms with Crippen LogP contribution in [0, 0.1) is 10.1 Å². The van der Waals surface area contributed by atoms with Crippen LogP contribution in [0.4, 0.5) is 11.6 Å². The molecule has 11 nitrogen and oxygen atoms in total. The fraction of sp³-hybridized carbons (Fsp3) is 0.542. The lowest BCUT2D eigenvalue weighted by molar-refractivity contribution is -0.385. The first-order chi connectivity index (χ1) is 16.9. The summed E-state index contributed by atoms with van der Waals surface area (Å²) in [5.74, 6) is 0.175. The summed E-state index contributed by atoms with van der Waals surface area (Å²) in [5, 5.41) is 11.4. The molecule has 1 aliphatic heterocycles. The molecule has 0 amide bonds. The van der Waals surface area contributed by atoms with Gasteiger partial charge in [0.15, 0.2) is 19.5 Å². The molecule has 2 N–H and O–H groups in total. The Morgan fingerprint density at radius 1 is 1.28 bits per heavy atom. The number of ether oxygens (including phenoxy) is 2. The Labute approximate surface area is 211 Å². The summed E-state index contributed by atoms with van der Waals surface area (Å²) in [6.45, 7) is 13.2. The van der Waals surface area contributed by atoms with Gasteiger partial charge in [0, 0.05) is 12.5 Å². The van der Waals surface area contributed by atoms with Crippen LogP contribution in [0.3, 0.4) is 0 Å². The van der Waals surface area contributed by atoms with Gasteiger partial charge in [0.25, 0.3) is 5.69 Å². The van der Waals surface area contributed by atoms with Crippen LogP contribution in [0.2, 0.25) is 18.1 Å². The molecule has 0 radical (unpaired) electrons. The SMILES string of the molecule is CC[C@H]1O[C@@H](n2cnc3c(OCc4ccccc4[N+](=O)[O-])nc(N)nc32)C[C@H]1O[Si](C)(C)C(C)(C)C. The summed E-state index contributed by atoms with van der Waals surface area (Å²) in [7, 11) is -1.99. The fourth-order valence-electron chi connectivity index (χ4n) is 4.09. The molecule has 3 atom stereocenters. The van der Waals surface area contributed by atoms with Crippen molar-refractivity contribution in [2.75, 3.05) is 5.73 Å². The van der Waals surface area contributed by atoms with Crippen LogP contribution in [-0.4, -0.2) is 45.0 Å². The topological polar surface area (TPSA) is 140 Å². The van der Waals surface area contributed by atoms with Gasteiger partial charge in [-0.3, -0.25) is 14.7 Å². The maximum Gasteiger partial charge on any atom is 0.276 e. The number of nitro benzene ring substituents is 1. The van der Waals surface area contributed by atoms with E-state index in [0.29, 0.717) is 23.1 Å². The number of hydrogen-bond acceptors (Lipinski definition) is 9. The Kier molecular flexibility index (Phi) is 7.04. The van der Waals surface area contributed by atoms with Crippen LogP contribution in [0.15, 0.2) is 30.6 Å². The van der Waals surface area contributed by atoms with Crippen molar-refractivity contribution in [2.24, 2.45) is 0 Å². The molecule has 1 aliphatic rings. The number of aromatic nitrogens is 4. The average molecular weight is 515 g/mol. The molecule has 0 bridgehead atoms. The molecule has 0 aliphatic carbocycles. The van der Waals surface area contributed by atoms with E-state index in [4.69, 9.17) is 19.6 Å². The van der Waals surface area contributed by atoms with Crippen molar-refractivity contribution >= 4 is 31.1 Å². The molecular weight excluding hydrogens is 480 g/mol. The number of nitro groups is 1. The van der Waals surface area contributed by atoms with Crippen LogP contribution >= 0.6 is 0 Å². The minimum absolute atomic E-state index is 0.0147. The lowest BCUT2D eigenvalue weighted by Gasteiger charge is -2.39. The molecule has 1 fully saturated rings. The summed E-state index contributed by atoms with van der Waals surface area (Å²) in [4.78, 5) is 24.0. The van der Waals surface area contributed by atoms with Gasteiger partial charge < -0.3 is 19.6 Å². The number of anilines is 1. The zero-order valence-electron chi connectivity index (χ0n) is 21.6.